The lowest BCUT2D eigenvalue weighted by molar-refractivity contribution is 1.48. The zero-order chi connectivity index (χ0) is 5.54. The molecule has 0 aromatic carbocycles. The summed E-state index contributed by atoms with van der Waals surface area (Å²) in [5, 5.41) is 0. The fourth-order valence-electron chi connectivity index (χ4n) is 0.135. The molecule has 7 heavy (non-hydrogen) atoms. The molecule has 0 fully saturated rings. The molecule has 0 heterocycles. The molecular weight excluding hydrogens is 90.1 g/mol. The van der Waals surface area contributed by atoms with E-state index in [0.717, 1.165) is 0 Å². The summed E-state index contributed by atoms with van der Waals surface area (Å²) in [6, 6.07) is 0. The molecule has 0 rings (SSSR count). The normalized spacial score (nSPS) is 10.9. The lowest BCUT2D eigenvalue weighted by atomic mass is 10.9. The molecule has 0 atom stereocenters. The van der Waals surface area contributed by atoms with Gasteiger partial charge in [-0.25, -0.2) is 4.99 Å². The second-order valence-electron chi connectivity index (χ2n) is 0.789. The molecule has 3 nitrogen and oxygen atoms in total. The van der Waals surface area contributed by atoms with Crippen LogP contribution in [0.3, 0.4) is 0 Å². The third-order valence-electron chi connectivity index (χ3n) is 0.320. The first-order valence-electron chi connectivity index (χ1n) is 1.76. The lowest BCUT2D eigenvalue weighted by Crippen LogP contribution is -1.72. The standard InChI is InChI=1S/C4H7N3/c1-6-4-7-3-2-5/h2-4H,1,5H2/b3-2+,7-4?. The van der Waals surface area contributed by atoms with Crippen LogP contribution in [-0.2, 0) is 0 Å². The Kier molecular flexibility index (Phi) is 4.10. The van der Waals surface area contributed by atoms with Crippen molar-refractivity contribution in [3.05, 3.63) is 12.4 Å². The Hall–Kier alpha value is -1.12. The monoisotopic (exact) mass is 97.1 g/mol. The topological polar surface area (TPSA) is 50.7 Å². The Bertz CT molecular complexity index is 93.1. The van der Waals surface area contributed by atoms with Gasteiger partial charge in [-0.15, -0.1) is 0 Å². The van der Waals surface area contributed by atoms with E-state index in [0.29, 0.717) is 0 Å². The van der Waals surface area contributed by atoms with Crippen molar-refractivity contribution in [1.29, 1.82) is 0 Å². The van der Waals surface area contributed by atoms with Crippen molar-refractivity contribution in [3.63, 3.8) is 0 Å². The van der Waals surface area contributed by atoms with Crippen LogP contribution in [0.2, 0.25) is 0 Å². The fraction of sp³-hybridized carbons (Fsp3) is 0. The summed E-state index contributed by atoms with van der Waals surface area (Å²) in [6.45, 7) is 3.16. The molecule has 0 aromatic rings. The molecule has 0 radical (unpaired) electrons. The molecule has 38 valence electrons. The van der Waals surface area contributed by atoms with Gasteiger partial charge in [0.15, 0.2) is 0 Å². The third-order valence-corrected chi connectivity index (χ3v) is 0.320. The fourth-order valence-corrected chi connectivity index (χ4v) is 0.135. The molecule has 3 heteroatoms. The predicted molar refractivity (Wildman–Crippen MR) is 31.4 cm³/mol. The third kappa shape index (κ3) is 4.88. The Morgan fingerprint density at radius 2 is 2.29 bits per heavy atom. The van der Waals surface area contributed by atoms with E-state index in [4.69, 9.17) is 5.73 Å². The van der Waals surface area contributed by atoms with Crippen LogP contribution in [0.25, 0.3) is 0 Å². The van der Waals surface area contributed by atoms with Gasteiger partial charge in [-0.05, 0) is 6.72 Å². The summed E-state index contributed by atoms with van der Waals surface area (Å²) in [7, 11) is 0. The maximum Gasteiger partial charge on any atom is 0.114 e. The Morgan fingerprint density at radius 1 is 1.57 bits per heavy atom. The van der Waals surface area contributed by atoms with Crippen molar-refractivity contribution in [2.75, 3.05) is 0 Å². The van der Waals surface area contributed by atoms with Crippen LogP contribution in [0.1, 0.15) is 0 Å². The van der Waals surface area contributed by atoms with E-state index < -0.39 is 0 Å². The molecule has 0 amide bonds. The van der Waals surface area contributed by atoms with Crippen molar-refractivity contribution >= 4 is 13.1 Å². The molecular formula is C4H7N3. The molecule has 0 aliphatic heterocycles. The average Bonchev–Trinajstić information content (AvgIpc) is 1.69. The Balaban J connectivity index is 3.27. The first-order valence-corrected chi connectivity index (χ1v) is 1.76. The van der Waals surface area contributed by atoms with Gasteiger partial charge in [0.2, 0.25) is 0 Å². The molecule has 0 aromatic heterocycles. The average molecular weight is 97.1 g/mol. The minimum absolute atomic E-state index is 1.31. The highest BCUT2D eigenvalue weighted by Crippen LogP contribution is 1.63. The molecule has 0 aliphatic rings. The van der Waals surface area contributed by atoms with Crippen LogP contribution >= 0.6 is 0 Å². The summed E-state index contributed by atoms with van der Waals surface area (Å²) in [4.78, 5) is 6.87. The molecule has 0 unspecified atom stereocenters. The van der Waals surface area contributed by atoms with Crippen LogP contribution in [-0.4, -0.2) is 13.1 Å². The lowest BCUT2D eigenvalue weighted by Gasteiger charge is -1.67. The zero-order valence-electron chi connectivity index (χ0n) is 3.91. The van der Waals surface area contributed by atoms with Crippen molar-refractivity contribution in [3.8, 4) is 0 Å². The van der Waals surface area contributed by atoms with E-state index in [-0.39, 0.29) is 0 Å². The quantitative estimate of drug-likeness (QED) is 0.387. The van der Waals surface area contributed by atoms with Crippen molar-refractivity contribution < 1.29 is 0 Å². The maximum absolute atomic E-state index is 4.91. The van der Waals surface area contributed by atoms with Crippen LogP contribution < -0.4 is 5.73 Å². The van der Waals surface area contributed by atoms with E-state index >= 15 is 0 Å². The summed E-state index contributed by atoms with van der Waals surface area (Å²) in [6.07, 6.45) is 4.06. The minimum Gasteiger partial charge on any atom is -0.403 e. The van der Waals surface area contributed by atoms with Crippen molar-refractivity contribution in [2.45, 2.75) is 0 Å². The van der Waals surface area contributed by atoms with Gasteiger partial charge >= 0.3 is 0 Å². The summed E-state index contributed by atoms with van der Waals surface area (Å²) in [5.41, 5.74) is 4.91. The van der Waals surface area contributed by atoms with Gasteiger partial charge in [0.05, 0.1) is 0 Å². The van der Waals surface area contributed by atoms with Gasteiger partial charge in [-0.1, -0.05) is 0 Å². The minimum atomic E-state index is 1.31. The number of nitrogens with zero attached hydrogens (tertiary/aromatic N) is 2. The second kappa shape index (κ2) is 4.88. The number of hydrogen-bond acceptors (Lipinski definition) is 2. The first-order chi connectivity index (χ1) is 3.41. The summed E-state index contributed by atoms with van der Waals surface area (Å²) >= 11 is 0. The summed E-state index contributed by atoms with van der Waals surface area (Å²) in [5.74, 6) is 0. The van der Waals surface area contributed by atoms with Crippen LogP contribution in [0.4, 0.5) is 0 Å². The largest absolute Gasteiger partial charge is 0.403 e. The van der Waals surface area contributed by atoms with E-state index in [9.17, 15) is 0 Å². The van der Waals surface area contributed by atoms with Gasteiger partial charge in [0.25, 0.3) is 0 Å². The first kappa shape index (κ1) is 5.88. The molecule has 0 saturated heterocycles. The van der Waals surface area contributed by atoms with E-state index in [1.807, 2.05) is 0 Å². The smallest absolute Gasteiger partial charge is 0.114 e. The van der Waals surface area contributed by atoms with Gasteiger partial charge in [-0.2, -0.15) is 0 Å². The van der Waals surface area contributed by atoms with Crippen molar-refractivity contribution in [2.24, 2.45) is 15.7 Å². The maximum atomic E-state index is 4.91. The van der Waals surface area contributed by atoms with Gasteiger partial charge in [0.1, 0.15) is 6.34 Å². The van der Waals surface area contributed by atoms with Gasteiger partial charge < -0.3 is 5.73 Å². The predicted octanol–water partition coefficient (Wildman–Crippen LogP) is 0.145. The van der Waals surface area contributed by atoms with E-state index in [2.05, 4.69) is 16.7 Å². The summed E-state index contributed by atoms with van der Waals surface area (Å²) < 4.78 is 0. The highest BCUT2D eigenvalue weighted by Gasteiger charge is 1.52. The van der Waals surface area contributed by atoms with Crippen molar-refractivity contribution in [1.82, 2.24) is 0 Å². The highest BCUT2D eigenvalue weighted by atomic mass is 14.8. The molecule has 0 bridgehead atoms. The molecule has 0 spiro atoms. The Labute approximate surface area is 42.3 Å². The number of nitrogens with two attached hydrogens (primary N) is 1. The van der Waals surface area contributed by atoms with Gasteiger partial charge in [0, 0.05) is 12.4 Å². The number of rotatable bonds is 2. The van der Waals surface area contributed by atoms with E-state index in [1.165, 1.54) is 18.7 Å². The zero-order valence-corrected chi connectivity index (χ0v) is 3.91. The van der Waals surface area contributed by atoms with Gasteiger partial charge in [-0.3, -0.25) is 4.99 Å². The van der Waals surface area contributed by atoms with E-state index in [1.54, 1.807) is 0 Å². The molecule has 0 saturated carbocycles. The SMILES string of the molecule is C=NC=N/C=C/N. The van der Waals surface area contributed by atoms with Crippen LogP contribution in [0.15, 0.2) is 22.4 Å². The second-order valence-corrected chi connectivity index (χ2v) is 0.789. The van der Waals surface area contributed by atoms with Crippen LogP contribution in [0, 0.1) is 0 Å². The molecule has 0 aliphatic carbocycles. The number of aliphatic imine (C=N–C) groups is 2. The molecule has 2 N–H and O–H groups in total. The van der Waals surface area contributed by atoms with Crippen LogP contribution in [0.5, 0.6) is 0 Å². The highest BCUT2D eigenvalue weighted by molar-refractivity contribution is 5.62. The Morgan fingerprint density at radius 3 is 2.71 bits per heavy atom. The number of hydrogen-bond donors (Lipinski definition) is 1.